The molecule has 1 rings (SSSR count). The molecule has 0 fully saturated rings. The Morgan fingerprint density at radius 3 is 2.16 bits per heavy atom. The standard InChI is InChI=1S/C16H28N2O/c1-11-9-13(10-12(2)15(11)19-6)14(18-5)7-8-16(3,4)17/h9-10,14,18H,7-8,17H2,1-6H3. The van der Waals surface area contributed by atoms with Crippen LogP contribution in [0.4, 0.5) is 0 Å². The molecule has 0 spiro atoms. The highest BCUT2D eigenvalue weighted by Crippen LogP contribution is 2.29. The van der Waals surface area contributed by atoms with Crippen molar-refractivity contribution in [3.8, 4) is 5.75 Å². The zero-order valence-electron chi connectivity index (χ0n) is 13.1. The number of nitrogens with two attached hydrogens (primary N) is 1. The third-order valence-corrected chi connectivity index (χ3v) is 3.51. The first-order valence-corrected chi connectivity index (χ1v) is 6.89. The minimum absolute atomic E-state index is 0.119. The first-order valence-electron chi connectivity index (χ1n) is 6.89. The number of nitrogens with one attached hydrogen (secondary N) is 1. The van der Waals surface area contributed by atoms with Crippen molar-refractivity contribution in [1.82, 2.24) is 5.32 Å². The van der Waals surface area contributed by atoms with Gasteiger partial charge in [0.25, 0.3) is 0 Å². The molecule has 1 aromatic carbocycles. The van der Waals surface area contributed by atoms with Crippen LogP contribution in [0.1, 0.15) is 49.4 Å². The summed E-state index contributed by atoms with van der Waals surface area (Å²) in [6, 6.07) is 4.75. The average molecular weight is 264 g/mol. The second kappa shape index (κ2) is 6.40. The van der Waals surface area contributed by atoms with Crippen molar-refractivity contribution in [1.29, 1.82) is 0 Å². The predicted octanol–water partition coefficient (Wildman–Crippen LogP) is 3.09. The summed E-state index contributed by atoms with van der Waals surface area (Å²) in [6.07, 6.45) is 2.02. The highest BCUT2D eigenvalue weighted by molar-refractivity contribution is 5.44. The second-order valence-corrected chi connectivity index (χ2v) is 6.06. The van der Waals surface area contributed by atoms with Gasteiger partial charge in [0.2, 0.25) is 0 Å². The third-order valence-electron chi connectivity index (χ3n) is 3.51. The zero-order valence-corrected chi connectivity index (χ0v) is 13.1. The van der Waals surface area contributed by atoms with E-state index in [1.165, 1.54) is 16.7 Å². The first kappa shape index (κ1) is 16.0. The number of methoxy groups -OCH3 is 1. The Morgan fingerprint density at radius 1 is 1.26 bits per heavy atom. The minimum atomic E-state index is -0.119. The number of aryl methyl sites for hydroxylation is 2. The molecule has 0 amide bonds. The molecule has 108 valence electrons. The zero-order chi connectivity index (χ0) is 14.6. The van der Waals surface area contributed by atoms with Gasteiger partial charge in [-0.05, 0) is 64.3 Å². The summed E-state index contributed by atoms with van der Waals surface area (Å²) >= 11 is 0. The monoisotopic (exact) mass is 264 g/mol. The molecule has 1 atom stereocenters. The van der Waals surface area contributed by atoms with Crippen LogP contribution in [-0.4, -0.2) is 19.7 Å². The van der Waals surface area contributed by atoms with E-state index in [0.29, 0.717) is 6.04 Å². The SMILES string of the molecule is CNC(CCC(C)(C)N)c1cc(C)c(OC)c(C)c1. The molecule has 3 heteroatoms. The van der Waals surface area contributed by atoms with E-state index in [2.05, 4.69) is 45.1 Å². The number of ether oxygens (including phenoxy) is 1. The fourth-order valence-electron chi connectivity index (χ4n) is 2.50. The van der Waals surface area contributed by atoms with Gasteiger partial charge >= 0.3 is 0 Å². The molecule has 0 bridgehead atoms. The molecule has 0 aliphatic carbocycles. The highest BCUT2D eigenvalue weighted by atomic mass is 16.5. The summed E-state index contributed by atoms with van der Waals surface area (Å²) in [4.78, 5) is 0. The van der Waals surface area contributed by atoms with Crippen LogP contribution in [0.2, 0.25) is 0 Å². The maximum absolute atomic E-state index is 6.07. The fraction of sp³-hybridized carbons (Fsp3) is 0.625. The lowest BCUT2D eigenvalue weighted by atomic mass is 9.92. The summed E-state index contributed by atoms with van der Waals surface area (Å²) in [5, 5.41) is 3.39. The van der Waals surface area contributed by atoms with E-state index < -0.39 is 0 Å². The van der Waals surface area contributed by atoms with Gasteiger partial charge < -0.3 is 15.8 Å². The molecule has 0 aliphatic heterocycles. The predicted molar refractivity (Wildman–Crippen MR) is 81.8 cm³/mol. The average Bonchev–Trinajstić information content (AvgIpc) is 2.28. The van der Waals surface area contributed by atoms with Crippen molar-refractivity contribution in [2.45, 2.75) is 52.1 Å². The molecule has 0 aromatic heterocycles. The van der Waals surface area contributed by atoms with E-state index in [0.717, 1.165) is 18.6 Å². The molecule has 0 aliphatic rings. The number of hydrogen-bond acceptors (Lipinski definition) is 3. The maximum Gasteiger partial charge on any atom is 0.124 e. The Bertz CT molecular complexity index is 398. The van der Waals surface area contributed by atoms with E-state index in [9.17, 15) is 0 Å². The van der Waals surface area contributed by atoms with Gasteiger partial charge in [0.05, 0.1) is 7.11 Å². The lowest BCUT2D eigenvalue weighted by molar-refractivity contribution is 0.403. The van der Waals surface area contributed by atoms with Crippen LogP contribution < -0.4 is 15.8 Å². The van der Waals surface area contributed by atoms with E-state index in [4.69, 9.17) is 10.5 Å². The third kappa shape index (κ3) is 4.51. The van der Waals surface area contributed by atoms with Gasteiger partial charge in [0, 0.05) is 11.6 Å². The summed E-state index contributed by atoms with van der Waals surface area (Å²) in [5.74, 6) is 0.984. The van der Waals surface area contributed by atoms with Crippen molar-refractivity contribution in [3.05, 3.63) is 28.8 Å². The maximum atomic E-state index is 6.07. The van der Waals surface area contributed by atoms with E-state index in [1.54, 1.807) is 7.11 Å². The van der Waals surface area contributed by atoms with Crippen molar-refractivity contribution in [2.24, 2.45) is 5.73 Å². The Morgan fingerprint density at radius 2 is 1.79 bits per heavy atom. The molecule has 0 saturated heterocycles. The van der Waals surface area contributed by atoms with Crippen molar-refractivity contribution in [2.75, 3.05) is 14.2 Å². The molecule has 1 aromatic rings. The summed E-state index contributed by atoms with van der Waals surface area (Å²) in [7, 11) is 3.73. The summed E-state index contributed by atoms with van der Waals surface area (Å²) in [5.41, 5.74) is 9.63. The van der Waals surface area contributed by atoms with Crippen LogP contribution in [-0.2, 0) is 0 Å². The van der Waals surface area contributed by atoms with E-state index >= 15 is 0 Å². The van der Waals surface area contributed by atoms with Gasteiger partial charge in [-0.2, -0.15) is 0 Å². The van der Waals surface area contributed by atoms with Crippen LogP contribution in [0.15, 0.2) is 12.1 Å². The summed E-state index contributed by atoms with van der Waals surface area (Å²) < 4.78 is 5.42. The van der Waals surface area contributed by atoms with Crippen LogP contribution >= 0.6 is 0 Å². The molecule has 19 heavy (non-hydrogen) atoms. The van der Waals surface area contributed by atoms with Gasteiger partial charge in [0.15, 0.2) is 0 Å². The van der Waals surface area contributed by atoms with Gasteiger partial charge in [-0.25, -0.2) is 0 Å². The van der Waals surface area contributed by atoms with Crippen LogP contribution in [0.25, 0.3) is 0 Å². The summed E-state index contributed by atoms with van der Waals surface area (Å²) in [6.45, 7) is 8.33. The Kier molecular flexibility index (Phi) is 5.39. The quantitative estimate of drug-likeness (QED) is 0.830. The smallest absolute Gasteiger partial charge is 0.124 e. The van der Waals surface area contributed by atoms with E-state index in [-0.39, 0.29) is 5.54 Å². The number of benzene rings is 1. The first-order chi connectivity index (χ1) is 8.78. The van der Waals surface area contributed by atoms with Crippen LogP contribution in [0.3, 0.4) is 0 Å². The number of hydrogen-bond donors (Lipinski definition) is 2. The fourth-order valence-corrected chi connectivity index (χ4v) is 2.50. The van der Waals surface area contributed by atoms with Crippen LogP contribution in [0, 0.1) is 13.8 Å². The topological polar surface area (TPSA) is 47.3 Å². The molecule has 0 heterocycles. The Balaban J connectivity index is 2.93. The lowest BCUT2D eigenvalue weighted by Crippen LogP contribution is -2.33. The normalized spacial score (nSPS) is 13.4. The molecule has 3 nitrogen and oxygen atoms in total. The van der Waals surface area contributed by atoms with Gasteiger partial charge in [-0.1, -0.05) is 12.1 Å². The molecular weight excluding hydrogens is 236 g/mol. The van der Waals surface area contributed by atoms with E-state index in [1.807, 2.05) is 7.05 Å². The molecule has 1 unspecified atom stereocenters. The number of rotatable bonds is 6. The molecule has 3 N–H and O–H groups in total. The highest BCUT2D eigenvalue weighted by Gasteiger charge is 2.17. The molecule has 0 saturated carbocycles. The van der Waals surface area contributed by atoms with Gasteiger partial charge in [-0.3, -0.25) is 0 Å². The van der Waals surface area contributed by atoms with Crippen molar-refractivity contribution in [3.63, 3.8) is 0 Å². The molecule has 0 radical (unpaired) electrons. The Hall–Kier alpha value is -1.06. The van der Waals surface area contributed by atoms with Crippen molar-refractivity contribution >= 4 is 0 Å². The second-order valence-electron chi connectivity index (χ2n) is 6.06. The minimum Gasteiger partial charge on any atom is -0.496 e. The Labute approximate surface area is 117 Å². The van der Waals surface area contributed by atoms with Gasteiger partial charge in [0.1, 0.15) is 5.75 Å². The largest absolute Gasteiger partial charge is 0.496 e. The molecular formula is C16H28N2O. The van der Waals surface area contributed by atoms with Crippen LogP contribution in [0.5, 0.6) is 5.75 Å². The van der Waals surface area contributed by atoms with Gasteiger partial charge in [-0.15, -0.1) is 0 Å². The lowest BCUT2D eigenvalue weighted by Gasteiger charge is -2.24. The van der Waals surface area contributed by atoms with Crippen molar-refractivity contribution < 1.29 is 4.74 Å².